The molecule has 0 atom stereocenters. The molecule has 6 heteroatoms. The number of rotatable bonds is 6. The van der Waals surface area contributed by atoms with Gasteiger partial charge >= 0.3 is 0 Å². The van der Waals surface area contributed by atoms with Crippen LogP contribution in [0.3, 0.4) is 0 Å². The number of para-hydroxylation sites is 1. The SMILES string of the molecule is CCOc1cc(-c2nc3ccccc3c(=O)[nH]2)cc(I)c1OCc1ccccc1. The molecule has 0 unspecified atom stereocenters. The van der Waals surface area contributed by atoms with E-state index in [1.165, 1.54) is 0 Å². The predicted molar refractivity (Wildman–Crippen MR) is 122 cm³/mol. The standard InChI is InChI=1S/C23H19IN2O3/c1-2-28-20-13-16(22-25-19-11-7-6-10-17(19)23(27)26-22)12-18(24)21(20)29-14-15-8-4-3-5-9-15/h3-13H,2,14H2,1H3,(H,25,26,27). The molecule has 4 rings (SSSR count). The molecule has 4 aromatic rings. The number of H-pyrrole nitrogens is 1. The number of hydrogen-bond acceptors (Lipinski definition) is 4. The van der Waals surface area contributed by atoms with Gasteiger partial charge in [-0.3, -0.25) is 4.79 Å². The van der Waals surface area contributed by atoms with Crippen LogP contribution >= 0.6 is 22.6 Å². The summed E-state index contributed by atoms with van der Waals surface area (Å²) in [5.41, 5.74) is 2.34. The molecule has 0 fully saturated rings. The molecule has 146 valence electrons. The highest BCUT2D eigenvalue weighted by Gasteiger charge is 2.15. The second-order valence-corrected chi connectivity index (χ2v) is 7.59. The van der Waals surface area contributed by atoms with Crippen molar-refractivity contribution in [2.45, 2.75) is 13.5 Å². The summed E-state index contributed by atoms with van der Waals surface area (Å²) >= 11 is 2.22. The van der Waals surface area contributed by atoms with Crippen LogP contribution in [0.4, 0.5) is 0 Å². The maximum Gasteiger partial charge on any atom is 0.259 e. The molecule has 0 radical (unpaired) electrons. The minimum Gasteiger partial charge on any atom is -0.490 e. The Kier molecular flexibility index (Phi) is 5.80. The summed E-state index contributed by atoms with van der Waals surface area (Å²) in [5, 5.41) is 0.568. The molecule has 1 aromatic heterocycles. The van der Waals surface area contributed by atoms with Gasteiger partial charge in [0, 0.05) is 5.56 Å². The Morgan fingerprint density at radius 2 is 1.76 bits per heavy atom. The van der Waals surface area contributed by atoms with Crippen LogP contribution in [0, 0.1) is 3.57 Å². The fraction of sp³-hybridized carbons (Fsp3) is 0.130. The van der Waals surface area contributed by atoms with E-state index in [0.717, 1.165) is 14.7 Å². The van der Waals surface area contributed by atoms with Crippen molar-refractivity contribution in [2.24, 2.45) is 0 Å². The molecule has 0 saturated heterocycles. The zero-order valence-corrected chi connectivity index (χ0v) is 18.0. The second kappa shape index (κ2) is 8.65. The van der Waals surface area contributed by atoms with Crippen LogP contribution in [0.2, 0.25) is 0 Å². The van der Waals surface area contributed by atoms with Crippen LogP contribution in [0.1, 0.15) is 12.5 Å². The first-order chi connectivity index (χ1) is 14.2. The molecule has 0 spiro atoms. The van der Waals surface area contributed by atoms with E-state index >= 15 is 0 Å². The van der Waals surface area contributed by atoms with Gasteiger partial charge in [0.05, 0.1) is 21.1 Å². The lowest BCUT2D eigenvalue weighted by Crippen LogP contribution is -2.09. The highest BCUT2D eigenvalue weighted by molar-refractivity contribution is 14.1. The lowest BCUT2D eigenvalue weighted by atomic mass is 10.1. The number of benzene rings is 3. The summed E-state index contributed by atoms with van der Waals surface area (Å²) in [7, 11) is 0. The number of aromatic nitrogens is 2. The van der Waals surface area contributed by atoms with Crippen molar-refractivity contribution < 1.29 is 9.47 Å². The maximum absolute atomic E-state index is 12.4. The first-order valence-electron chi connectivity index (χ1n) is 9.28. The Balaban J connectivity index is 1.73. The Morgan fingerprint density at radius 3 is 2.55 bits per heavy atom. The molecule has 0 aliphatic heterocycles. The summed E-state index contributed by atoms with van der Waals surface area (Å²) < 4.78 is 12.8. The molecule has 0 saturated carbocycles. The Bertz CT molecular complexity index is 1210. The first-order valence-corrected chi connectivity index (χ1v) is 10.4. The fourth-order valence-electron chi connectivity index (χ4n) is 3.06. The van der Waals surface area contributed by atoms with E-state index in [9.17, 15) is 4.79 Å². The zero-order chi connectivity index (χ0) is 20.2. The summed E-state index contributed by atoms with van der Waals surface area (Å²) in [6.07, 6.45) is 0. The van der Waals surface area contributed by atoms with Gasteiger partial charge in [0.25, 0.3) is 5.56 Å². The van der Waals surface area contributed by atoms with Crippen LogP contribution in [-0.4, -0.2) is 16.6 Å². The monoisotopic (exact) mass is 498 g/mol. The quantitative estimate of drug-likeness (QED) is 0.373. The summed E-state index contributed by atoms with van der Waals surface area (Å²) in [4.78, 5) is 19.9. The molecule has 1 N–H and O–H groups in total. The van der Waals surface area contributed by atoms with E-state index in [4.69, 9.17) is 9.47 Å². The minimum absolute atomic E-state index is 0.164. The molecule has 3 aromatic carbocycles. The van der Waals surface area contributed by atoms with Gasteiger partial charge in [-0.25, -0.2) is 4.98 Å². The van der Waals surface area contributed by atoms with E-state index in [1.54, 1.807) is 6.07 Å². The Morgan fingerprint density at radius 1 is 1.00 bits per heavy atom. The number of nitrogens with one attached hydrogen (secondary N) is 1. The highest BCUT2D eigenvalue weighted by atomic mass is 127. The van der Waals surface area contributed by atoms with Crippen molar-refractivity contribution in [3.63, 3.8) is 0 Å². The highest BCUT2D eigenvalue weighted by Crippen LogP contribution is 2.37. The average molecular weight is 498 g/mol. The van der Waals surface area contributed by atoms with Crippen LogP contribution in [0.15, 0.2) is 71.5 Å². The molecular weight excluding hydrogens is 479 g/mol. The van der Waals surface area contributed by atoms with Crippen molar-refractivity contribution in [3.05, 3.63) is 86.2 Å². The topological polar surface area (TPSA) is 64.2 Å². The van der Waals surface area contributed by atoms with Crippen molar-refractivity contribution in [1.82, 2.24) is 9.97 Å². The number of halogens is 1. The number of aromatic amines is 1. The van der Waals surface area contributed by atoms with Crippen molar-refractivity contribution in [1.29, 1.82) is 0 Å². The second-order valence-electron chi connectivity index (χ2n) is 6.42. The fourth-order valence-corrected chi connectivity index (χ4v) is 3.82. The lowest BCUT2D eigenvalue weighted by Gasteiger charge is -2.15. The maximum atomic E-state index is 12.4. The van der Waals surface area contributed by atoms with Gasteiger partial charge in [0.15, 0.2) is 11.5 Å². The normalized spacial score (nSPS) is 10.8. The predicted octanol–water partition coefficient (Wildman–Crippen LogP) is 5.17. The van der Waals surface area contributed by atoms with Gasteiger partial charge in [0.1, 0.15) is 12.4 Å². The summed E-state index contributed by atoms with van der Waals surface area (Å²) in [5.74, 6) is 1.81. The van der Waals surface area contributed by atoms with Gasteiger partial charge in [-0.2, -0.15) is 0 Å². The Hall–Kier alpha value is -2.87. The van der Waals surface area contributed by atoms with Crippen molar-refractivity contribution in [3.8, 4) is 22.9 Å². The average Bonchev–Trinajstić information content (AvgIpc) is 2.74. The number of hydrogen-bond donors (Lipinski definition) is 1. The van der Waals surface area contributed by atoms with Crippen molar-refractivity contribution >= 4 is 33.5 Å². The largest absolute Gasteiger partial charge is 0.490 e. The van der Waals surface area contributed by atoms with Gasteiger partial charge in [-0.05, 0) is 59.3 Å². The van der Waals surface area contributed by atoms with Gasteiger partial charge in [-0.15, -0.1) is 0 Å². The molecule has 0 bridgehead atoms. The first kappa shape index (κ1) is 19.4. The van der Waals surface area contributed by atoms with E-state index in [-0.39, 0.29) is 5.56 Å². The zero-order valence-electron chi connectivity index (χ0n) is 15.8. The summed E-state index contributed by atoms with van der Waals surface area (Å²) in [6, 6.07) is 21.1. The lowest BCUT2D eigenvalue weighted by molar-refractivity contribution is 0.267. The van der Waals surface area contributed by atoms with Crippen LogP contribution in [0.25, 0.3) is 22.3 Å². The van der Waals surface area contributed by atoms with Crippen LogP contribution in [0.5, 0.6) is 11.5 Å². The third-order valence-corrected chi connectivity index (χ3v) is 5.22. The molecular formula is C23H19IN2O3. The molecule has 5 nitrogen and oxygen atoms in total. The van der Waals surface area contributed by atoms with Gasteiger partial charge < -0.3 is 14.5 Å². The van der Waals surface area contributed by atoms with Crippen molar-refractivity contribution in [2.75, 3.05) is 6.61 Å². The minimum atomic E-state index is -0.164. The van der Waals surface area contributed by atoms with Gasteiger partial charge in [0.2, 0.25) is 0 Å². The molecule has 29 heavy (non-hydrogen) atoms. The number of fused-ring (bicyclic) bond motifs is 1. The van der Waals surface area contributed by atoms with E-state index in [0.29, 0.717) is 41.4 Å². The molecule has 0 amide bonds. The molecule has 0 aliphatic carbocycles. The molecule has 0 aliphatic rings. The van der Waals surface area contributed by atoms with Crippen LogP contribution < -0.4 is 15.0 Å². The van der Waals surface area contributed by atoms with Crippen LogP contribution in [-0.2, 0) is 6.61 Å². The van der Waals surface area contributed by atoms with E-state index in [2.05, 4.69) is 32.6 Å². The third-order valence-electron chi connectivity index (χ3n) is 4.42. The molecule has 1 heterocycles. The number of ether oxygens (including phenoxy) is 2. The Labute approximate surface area is 181 Å². The summed E-state index contributed by atoms with van der Waals surface area (Å²) in [6.45, 7) is 2.88. The third kappa shape index (κ3) is 4.27. The van der Waals surface area contributed by atoms with E-state index < -0.39 is 0 Å². The smallest absolute Gasteiger partial charge is 0.259 e. The van der Waals surface area contributed by atoms with E-state index in [1.807, 2.05) is 67.6 Å². The number of nitrogens with zero attached hydrogens (tertiary/aromatic N) is 1. The van der Waals surface area contributed by atoms with Gasteiger partial charge in [-0.1, -0.05) is 42.5 Å².